The van der Waals surface area contributed by atoms with E-state index in [-0.39, 0.29) is 12.5 Å². The molecule has 1 spiro atoms. The van der Waals surface area contributed by atoms with Gasteiger partial charge in [-0.05, 0) is 30.2 Å². The lowest BCUT2D eigenvalue weighted by molar-refractivity contribution is -0.145. The number of carbonyl (C=O) groups is 2. The normalized spacial score (nSPS) is 22.3. The lowest BCUT2D eigenvalue weighted by Crippen LogP contribution is -2.41. The van der Waals surface area contributed by atoms with Crippen molar-refractivity contribution in [1.29, 1.82) is 0 Å². The minimum atomic E-state index is -1.26. The smallest absolute Gasteiger partial charge is 0.335 e. The Labute approximate surface area is 167 Å². The molecule has 1 aliphatic heterocycles. The first-order valence-electron chi connectivity index (χ1n) is 9.48. The second-order valence-corrected chi connectivity index (χ2v) is 7.18. The highest BCUT2D eigenvalue weighted by molar-refractivity contribution is 6.07. The maximum atomic E-state index is 13.2. The Kier molecular flexibility index (Phi) is 4.09. The van der Waals surface area contributed by atoms with Gasteiger partial charge in [0.15, 0.2) is 0 Å². The Morgan fingerprint density at radius 2 is 1.83 bits per heavy atom. The van der Waals surface area contributed by atoms with Crippen molar-refractivity contribution in [3.8, 4) is 5.75 Å². The number of allylic oxidation sites excluding steroid dienone is 1. The lowest BCUT2D eigenvalue weighted by atomic mass is 9.68. The van der Waals surface area contributed by atoms with Crippen molar-refractivity contribution < 1.29 is 23.5 Å². The van der Waals surface area contributed by atoms with Gasteiger partial charge in [0.2, 0.25) is 0 Å². The number of ether oxygens (including phenoxy) is 2. The van der Waals surface area contributed by atoms with Gasteiger partial charge in [-0.15, -0.1) is 0 Å². The van der Waals surface area contributed by atoms with Crippen LogP contribution in [0.5, 0.6) is 5.75 Å². The van der Waals surface area contributed by atoms with Gasteiger partial charge in [-0.3, -0.25) is 4.79 Å². The van der Waals surface area contributed by atoms with E-state index in [1.54, 1.807) is 30.5 Å². The van der Waals surface area contributed by atoms with Crippen LogP contribution in [0.4, 0.5) is 0 Å². The molecule has 1 aromatic heterocycles. The van der Waals surface area contributed by atoms with Crippen LogP contribution < -0.4 is 4.74 Å². The van der Waals surface area contributed by atoms with Gasteiger partial charge in [0, 0.05) is 11.5 Å². The fourth-order valence-corrected chi connectivity index (χ4v) is 4.38. The Bertz CT molecular complexity index is 1100. The highest BCUT2D eigenvalue weighted by atomic mass is 16.5. The topological polar surface area (TPSA) is 65.7 Å². The number of fused-ring (bicyclic) bond motifs is 2. The molecular weight excluding hydrogens is 368 g/mol. The van der Waals surface area contributed by atoms with E-state index >= 15 is 0 Å². The molecule has 2 heterocycles. The third-order valence-electron chi connectivity index (χ3n) is 5.66. The van der Waals surface area contributed by atoms with Crippen molar-refractivity contribution in [2.24, 2.45) is 0 Å². The second-order valence-electron chi connectivity index (χ2n) is 7.18. The number of benzene rings is 2. The van der Waals surface area contributed by atoms with Gasteiger partial charge in [-0.2, -0.15) is 0 Å². The first kappa shape index (κ1) is 17.5. The van der Waals surface area contributed by atoms with Crippen LogP contribution in [-0.4, -0.2) is 11.9 Å². The molecule has 0 fully saturated rings. The van der Waals surface area contributed by atoms with E-state index in [1.807, 2.05) is 48.5 Å². The van der Waals surface area contributed by atoms with Crippen molar-refractivity contribution >= 4 is 11.9 Å². The summed E-state index contributed by atoms with van der Waals surface area (Å²) in [4.78, 5) is 26.4. The summed E-state index contributed by atoms with van der Waals surface area (Å²) in [6.07, 6.45) is 3.83. The lowest BCUT2D eigenvalue weighted by Gasteiger charge is -2.29. The molecular formula is C24H18O5. The van der Waals surface area contributed by atoms with Gasteiger partial charge in [0.1, 0.15) is 23.5 Å². The first-order chi connectivity index (χ1) is 14.2. The number of hydrogen-bond donors (Lipinski definition) is 0. The molecule has 0 amide bonds. The first-order valence-corrected chi connectivity index (χ1v) is 9.48. The Morgan fingerprint density at radius 1 is 1.03 bits per heavy atom. The van der Waals surface area contributed by atoms with Crippen LogP contribution in [0.25, 0.3) is 0 Å². The minimum Gasteiger partial charge on any atom is -0.469 e. The molecule has 1 aliphatic carbocycles. The molecule has 5 nitrogen and oxygen atoms in total. The molecule has 2 aliphatic rings. The largest absolute Gasteiger partial charge is 0.469 e. The summed E-state index contributed by atoms with van der Waals surface area (Å²) in [5.41, 5.74) is 0.601. The minimum absolute atomic E-state index is 0.134. The van der Waals surface area contributed by atoms with E-state index in [0.29, 0.717) is 29.1 Å². The summed E-state index contributed by atoms with van der Waals surface area (Å²) in [5, 5.41) is 0. The predicted octanol–water partition coefficient (Wildman–Crippen LogP) is 4.29. The molecule has 2 unspecified atom stereocenters. The highest BCUT2D eigenvalue weighted by Crippen LogP contribution is 2.57. The van der Waals surface area contributed by atoms with Gasteiger partial charge in [-0.25, -0.2) is 4.79 Å². The van der Waals surface area contributed by atoms with E-state index in [4.69, 9.17) is 13.9 Å². The summed E-state index contributed by atoms with van der Waals surface area (Å²) < 4.78 is 16.8. The van der Waals surface area contributed by atoms with Crippen LogP contribution in [0.15, 0.2) is 89.1 Å². The standard InChI is InChI=1S/C24H18O5/c25-22(28-15-16-7-2-1-3-8-16)19-13-12-18(20-11-6-14-27-20)24(19)17-9-4-5-10-21(17)29-23(24)26/h1-11,13-14,18H,12,15H2. The van der Waals surface area contributed by atoms with Gasteiger partial charge in [-0.1, -0.05) is 54.6 Å². The number of rotatable bonds is 4. The summed E-state index contributed by atoms with van der Waals surface area (Å²) in [6.45, 7) is 0.134. The van der Waals surface area contributed by atoms with E-state index in [1.165, 1.54) is 0 Å². The fraction of sp³-hybridized carbons (Fsp3) is 0.167. The van der Waals surface area contributed by atoms with Crippen molar-refractivity contribution in [3.63, 3.8) is 0 Å². The average molecular weight is 386 g/mol. The fourth-order valence-electron chi connectivity index (χ4n) is 4.38. The maximum absolute atomic E-state index is 13.2. The van der Waals surface area contributed by atoms with Crippen molar-refractivity contribution in [1.82, 2.24) is 0 Å². The van der Waals surface area contributed by atoms with Gasteiger partial charge in [0.25, 0.3) is 0 Å². The third-order valence-corrected chi connectivity index (χ3v) is 5.66. The second kappa shape index (κ2) is 6.78. The van der Waals surface area contributed by atoms with Gasteiger partial charge in [0.05, 0.1) is 11.8 Å². The molecule has 5 heteroatoms. The van der Waals surface area contributed by atoms with Gasteiger partial charge < -0.3 is 13.9 Å². The number of esters is 2. The molecule has 0 radical (unpaired) electrons. The van der Waals surface area contributed by atoms with Crippen LogP contribution in [0.1, 0.15) is 29.2 Å². The molecule has 0 saturated carbocycles. The van der Waals surface area contributed by atoms with E-state index in [0.717, 1.165) is 5.56 Å². The van der Waals surface area contributed by atoms with Crippen LogP contribution in [0.2, 0.25) is 0 Å². The van der Waals surface area contributed by atoms with Crippen molar-refractivity contribution in [2.45, 2.75) is 24.4 Å². The Morgan fingerprint density at radius 3 is 2.62 bits per heavy atom. The summed E-state index contributed by atoms with van der Waals surface area (Å²) in [7, 11) is 0. The van der Waals surface area contributed by atoms with E-state index < -0.39 is 17.4 Å². The maximum Gasteiger partial charge on any atom is 0.335 e. The van der Waals surface area contributed by atoms with Crippen LogP contribution in [-0.2, 0) is 26.3 Å². The Balaban J connectivity index is 1.55. The summed E-state index contributed by atoms with van der Waals surface area (Å²) in [5.74, 6) is -0.247. The number of furan rings is 1. The zero-order chi connectivity index (χ0) is 19.8. The molecule has 29 heavy (non-hydrogen) atoms. The molecule has 0 saturated heterocycles. The molecule has 2 atom stereocenters. The molecule has 144 valence electrons. The average Bonchev–Trinajstić information content (AvgIpc) is 3.47. The Hall–Kier alpha value is -3.60. The van der Waals surface area contributed by atoms with Crippen LogP contribution in [0.3, 0.4) is 0 Å². The molecule has 5 rings (SSSR count). The summed E-state index contributed by atoms with van der Waals surface area (Å²) in [6, 6.07) is 20.3. The quantitative estimate of drug-likeness (QED) is 0.494. The molecule has 0 bridgehead atoms. The SMILES string of the molecule is O=C(OCc1ccccc1)C1=CCC(c2ccco2)C12C(=O)Oc1ccccc12. The number of hydrogen-bond acceptors (Lipinski definition) is 5. The van der Waals surface area contributed by atoms with Gasteiger partial charge >= 0.3 is 11.9 Å². The molecule has 3 aromatic rings. The predicted molar refractivity (Wildman–Crippen MR) is 104 cm³/mol. The van der Waals surface area contributed by atoms with Crippen molar-refractivity contribution in [2.75, 3.05) is 0 Å². The highest BCUT2D eigenvalue weighted by Gasteiger charge is 2.62. The summed E-state index contributed by atoms with van der Waals surface area (Å²) >= 11 is 0. The van der Waals surface area contributed by atoms with Crippen molar-refractivity contribution in [3.05, 3.63) is 102 Å². The zero-order valence-corrected chi connectivity index (χ0v) is 15.5. The van der Waals surface area contributed by atoms with Crippen LogP contribution in [0, 0.1) is 0 Å². The monoisotopic (exact) mass is 386 g/mol. The van der Waals surface area contributed by atoms with E-state index in [2.05, 4.69) is 0 Å². The number of carbonyl (C=O) groups excluding carboxylic acids is 2. The third kappa shape index (κ3) is 2.62. The number of para-hydroxylation sites is 1. The zero-order valence-electron chi connectivity index (χ0n) is 15.5. The van der Waals surface area contributed by atoms with E-state index in [9.17, 15) is 9.59 Å². The molecule has 2 aromatic carbocycles. The molecule has 0 N–H and O–H groups in total. The van der Waals surface area contributed by atoms with Crippen LogP contribution >= 0.6 is 0 Å².